The molecule has 1 aliphatic rings. The number of hydrogen-bond acceptors (Lipinski definition) is 6. The highest BCUT2D eigenvalue weighted by molar-refractivity contribution is 6.17. The molecule has 0 spiro atoms. The lowest BCUT2D eigenvalue weighted by atomic mass is 10.1. The molecule has 0 radical (unpaired) electrons. The second-order valence-corrected chi connectivity index (χ2v) is 6.03. The van der Waals surface area contributed by atoms with E-state index in [1.807, 2.05) is 25.1 Å². The fourth-order valence-electron chi connectivity index (χ4n) is 2.39. The maximum Gasteiger partial charge on any atom is 0.326 e. The predicted molar refractivity (Wildman–Crippen MR) is 114 cm³/mol. The summed E-state index contributed by atoms with van der Waals surface area (Å²) >= 11 is 0. The summed E-state index contributed by atoms with van der Waals surface area (Å²) in [6.45, 7) is 6.85. The van der Waals surface area contributed by atoms with Crippen LogP contribution in [0.25, 0.3) is 0 Å². The number of urea groups is 1. The van der Waals surface area contributed by atoms with Gasteiger partial charge in [0.2, 0.25) is 0 Å². The first kappa shape index (κ1) is 21.9. The number of aryl methyl sites for hydroxylation is 1. The number of hydrogen-bond donors (Lipinski definition) is 5. The number of rotatable bonds is 7. The average molecular weight is 398 g/mol. The van der Waals surface area contributed by atoms with E-state index in [0.29, 0.717) is 42.3 Å². The number of nitrogens with one attached hydrogen (secondary N) is 3. The van der Waals surface area contributed by atoms with Crippen molar-refractivity contribution in [2.45, 2.75) is 19.8 Å². The molecule has 0 bridgehead atoms. The second kappa shape index (κ2) is 11.4. The lowest BCUT2D eigenvalue weighted by Gasteiger charge is -2.14. The Bertz CT molecular complexity index is 858. The smallest absolute Gasteiger partial charge is 0.326 e. The van der Waals surface area contributed by atoms with Crippen molar-refractivity contribution in [2.75, 3.05) is 18.5 Å². The minimum atomic E-state index is -0.600. The standard InChI is InChI=1S/C20H26N6O3/c1-3-15-9-10-17(18(13-15)29-12-6-11-21)23-20(27)24-19(25-26-28)22-16-8-5-4-7-14(16)2/h4-5,7-10,13,26,28H,2-3,6,11-12,21H2,1H3,(H2,23,24,25,27)/b22-16-. The Hall–Kier alpha value is -3.43. The van der Waals surface area contributed by atoms with Crippen molar-refractivity contribution in [2.24, 2.45) is 15.8 Å². The molecule has 0 heterocycles. The molecule has 2 rings (SSSR count). The normalized spacial score (nSPS) is 14.8. The van der Waals surface area contributed by atoms with Gasteiger partial charge in [-0.2, -0.15) is 5.59 Å². The molecule has 1 aliphatic carbocycles. The maximum absolute atomic E-state index is 12.4. The number of benzene rings is 1. The molecule has 0 aliphatic heterocycles. The van der Waals surface area contributed by atoms with Crippen LogP contribution in [0.4, 0.5) is 10.5 Å². The van der Waals surface area contributed by atoms with Crippen LogP contribution < -0.4 is 26.7 Å². The number of carbonyl (C=O) groups excluding carboxylic acids is 1. The summed E-state index contributed by atoms with van der Waals surface area (Å²) in [7, 11) is 0. The van der Waals surface area contributed by atoms with Crippen molar-refractivity contribution in [1.82, 2.24) is 10.9 Å². The van der Waals surface area contributed by atoms with Crippen LogP contribution in [0, 0.1) is 0 Å². The number of hydrazone groups is 1. The molecule has 0 fully saturated rings. The van der Waals surface area contributed by atoms with Crippen molar-refractivity contribution in [3.63, 3.8) is 0 Å². The van der Waals surface area contributed by atoms with Gasteiger partial charge in [0, 0.05) is 0 Å². The molecule has 1 aromatic rings. The van der Waals surface area contributed by atoms with Gasteiger partial charge in [-0.1, -0.05) is 37.8 Å². The van der Waals surface area contributed by atoms with Crippen LogP contribution in [-0.2, 0) is 6.42 Å². The third-order valence-electron chi connectivity index (χ3n) is 3.91. The molecule has 1 aromatic carbocycles. The summed E-state index contributed by atoms with van der Waals surface area (Å²) in [6, 6.07) is 4.94. The fourth-order valence-corrected chi connectivity index (χ4v) is 2.39. The number of nitrogens with two attached hydrogens (primary N) is 1. The van der Waals surface area contributed by atoms with Crippen molar-refractivity contribution >= 4 is 23.4 Å². The van der Waals surface area contributed by atoms with Gasteiger partial charge >= 0.3 is 6.03 Å². The Morgan fingerprint density at radius 1 is 1.31 bits per heavy atom. The van der Waals surface area contributed by atoms with Crippen molar-refractivity contribution in [3.05, 3.63) is 60.2 Å². The first-order chi connectivity index (χ1) is 14.1. The molecular weight excluding hydrogens is 372 g/mol. The van der Waals surface area contributed by atoms with Crippen LogP contribution in [0.3, 0.4) is 0 Å². The molecule has 154 valence electrons. The summed E-state index contributed by atoms with van der Waals surface area (Å²) in [5.41, 5.74) is 9.85. The Kier molecular flexibility index (Phi) is 8.61. The van der Waals surface area contributed by atoms with Gasteiger partial charge in [0.25, 0.3) is 5.96 Å². The number of aliphatic imine (C=N–C) groups is 1. The molecule has 9 heteroatoms. The predicted octanol–water partition coefficient (Wildman–Crippen LogP) is 2.47. The highest BCUT2D eigenvalue weighted by atomic mass is 16.5. The highest BCUT2D eigenvalue weighted by Crippen LogP contribution is 2.26. The molecule has 6 N–H and O–H groups in total. The van der Waals surface area contributed by atoms with Gasteiger partial charge in [0.05, 0.1) is 18.0 Å². The van der Waals surface area contributed by atoms with Crippen LogP contribution in [0.5, 0.6) is 5.75 Å². The molecular formula is C20H26N6O3. The molecule has 9 nitrogen and oxygen atoms in total. The van der Waals surface area contributed by atoms with Gasteiger partial charge in [0.1, 0.15) is 5.75 Å². The molecule has 0 atom stereocenters. The van der Waals surface area contributed by atoms with E-state index in [0.717, 1.165) is 12.0 Å². The number of amides is 2. The first-order valence-corrected chi connectivity index (χ1v) is 9.20. The van der Waals surface area contributed by atoms with Crippen LogP contribution in [0.15, 0.2) is 64.7 Å². The van der Waals surface area contributed by atoms with Gasteiger partial charge in [-0.25, -0.2) is 9.79 Å². The van der Waals surface area contributed by atoms with E-state index < -0.39 is 6.03 Å². The molecule has 0 saturated carbocycles. The molecule has 0 aromatic heterocycles. The lowest BCUT2D eigenvalue weighted by molar-refractivity contribution is 0.171. The van der Waals surface area contributed by atoms with Crippen LogP contribution in [-0.4, -0.2) is 36.1 Å². The largest absolute Gasteiger partial charge is 0.491 e. The van der Waals surface area contributed by atoms with Gasteiger partial charge in [-0.15, -0.1) is 5.10 Å². The van der Waals surface area contributed by atoms with E-state index in [9.17, 15) is 4.79 Å². The molecule has 29 heavy (non-hydrogen) atoms. The van der Waals surface area contributed by atoms with Gasteiger partial charge in [-0.3, -0.25) is 10.5 Å². The number of anilines is 1. The van der Waals surface area contributed by atoms with Crippen molar-refractivity contribution in [3.8, 4) is 5.75 Å². The van der Waals surface area contributed by atoms with E-state index in [1.54, 1.807) is 29.9 Å². The summed E-state index contributed by atoms with van der Waals surface area (Å²) in [5, 5.41) is 17.6. The summed E-state index contributed by atoms with van der Waals surface area (Å²) in [4.78, 5) is 16.6. The molecule has 2 amide bonds. The number of allylic oxidation sites excluding steroid dienone is 5. The maximum atomic E-state index is 12.4. The average Bonchev–Trinajstić information content (AvgIpc) is 2.71. The van der Waals surface area contributed by atoms with Crippen molar-refractivity contribution in [1.29, 1.82) is 0 Å². The van der Waals surface area contributed by atoms with E-state index in [-0.39, 0.29) is 5.96 Å². The zero-order valence-electron chi connectivity index (χ0n) is 16.3. The number of nitrogens with zero attached hydrogens (tertiary/aromatic N) is 2. The summed E-state index contributed by atoms with van der Waals surface area (Å²) in [6.07, 6.45) is 8.60. The Balaban J connectivity index is 2.12. The third kappa shape index (κ3) is 6.91. The first-order valence-electron chi connectivity index (χ1n) is 9.20. The van der Waals surface area contributed by atoms with Crippen LogP contribution >= 0.6 is 0 Å². The quantitative estimate of drug-likeness (QED) is 0.208. The minimum Gasteiger partial charge on any atom is -0.491 e. The van der Waals surface area contributed by atoms with E-state index in [1.165, 1.54) is 0 Å². The van der Waals surface area contributed by atoms with Gasteiger partial charge in [-0.05, 0) is 48.7 Å². The molecule has 0 saturated heterocycles. The number of ether oxygens (including phenoxy) is 1. The highest BCUT2D eigenvalue weighted by Gasteiger charge is 2.12. The second-order valence-electron chi connectivity index (χ2n) is 6.03. The Morgan fingerprint density at radius 3 is 2.79 bits per heavy atom. The molecule has 0 unspecified atom stereocenters. The monoisotopic (exact) mass is 398 g/mol. The summed E-state index contributed by atoms with van der Waals surface area (Å²) < 4.78 is 5.75. The topological polar surface area (TPSA) is 133 Å². The zero-order chi connectivity index (χ0) is 21.1. The van der Waals surface area contributed by atoms with E-state index >= 15 is 0 Å². The van der Waals surface area contributed by atoms with E-state index in [4.69, 9.17) is 15.7 Å². The van der Waals surface area contributed by atoms with Crippen LogP contribution in [0.2, 0.25) is 0 Å². The van der Waals surface area contributed by atoms with Crippen molar-refractivity contribution < 1.29 is 14.7 Å². The van der Waals surface area contributed by atoms with Gasteiger partial charge < -0.3 is 15.8 Å². The Labute approximate surface area is 169 Å². The summed E-state index contributed by atoms with van der Waals surface area (Å²) in [5.74, 6) is 0.406. The minimum absolute atomic E-state index is 0.142. The SMILES string of the molecule is C=C1C=CC=C/C1=N/C(=N\NO)NC(=O)Nc1ccc(CC)cc1OCCCN. The number of guanidine groups is 1. The Morgan fingerprint density at radius 2 is 2.10 bits per heavy atom. The number of carbonyl (C=O) groups is 1. The van der Waals surface area contributed by atoms with Gasteiger partial charge in [0.15, 0.2) is 0 Å². The third-order valence-corrected chi connectivity index (χ3v) is 3.91. The lowest BCUT2D eigenvalue weighted by Crippen LogP contribution is -2.35. The van der Waals surface area contributed by atoms with Crippen LogP contribution in [0.1, 0.15) is 18.9 Å². The van der Waals surface area contributed by atoms with E-state index in [2.05, 4.69) is 27.3 Å². The zero-order valence-corrected chi connectivity index (χ0v) is 16.3. The fraction of sp³-hybridized carbons (Fsp3) is 0.250.